The lowest BCUT2D eigenvalue weighted by atomic mass is 9.92. The number of H-pyrrole nitrogens is 1. The Bertz CT molecular complexity index is 668. The van der Waals surface area contributed by atoms with Crippen LogP contribution in [0.5, 0.6) is 5.75 Å². The predicted molar refractivity (Wildman–Crippen MR) is 81.7 cm³/mol. The molecule has 0 radical (unpaired) electrons. The number of nitrogens with zero attached hydrogens (tertiary/aromatic N) is 3. The molecule has 1 saturated heterocycles. The standard InChI is InChI=1S/C16H20N4O2/c1-2-11-9-18-19-14(11)12-5-4-8-20(10-12)16(22)15-13(21)6-3-7-17-15/h3,6-7,9,12,21H,2,4-5,8,10H2,1H3,(H,18,19)/t12-/m0/s1. The topological polar surface area (TPSA) is 82.1 Å². The van der Waals surface area contributed by atoms with E-state index in [4.69, 9.17) is 0 Å². The lowest BCUT2D eigenvalue weighted by Crippen LogP contribution is -2.39. The van der Waals surface area contributed by atoms with Crippen LogP contribution in [0.3, 0.4) is 0 Å². The molecule has 0 bridgehead atoms. The zero-order chi connectivity index (χ0) is 15.5. The molecule has 3 heterocycles. The molecule has 0 saturated carbocycles. The van der Waals surface area contributed by atoms with Gasteiger partial charge in [0, 0.05) is 30.9 Å². The van der Waals surface area contributed by atoms with E-state index in [1.165, 1.54) is 17.8 Å². The first-order chi connectivity index (χ1) is 10.7. The number of carbonyl (C=O) groups excluding carboxylic acids is 1. The number of aromatic nitrogens is 3. The number of rotatable bonds is 3. The number of aromatic hydroxyl groups is 1. The van der Waals surface area contributed by atoms with Gasteiger partial charge in [0.05, 0.1) is 6.20 Å². The van der Waals surface area contributed by atoms with E-state index in [-0.39, 0.29) is 23.3 Å². The summed E-state index contributed by atoms with van der Waals surface area (Å²) in [5, 5.41) is 17.0. The van der Waals surface area contributed by atoms with Crippen molar-refractivity contribution in [2.45, 2.75) is 32.1 Å². The molecule has 1 fully saturated rings. The van der Waals surface area contributed by atoms with Crippen molar-refractivity contribution in [1.82, 2.24) is 20.1 Å². The second-order valence-electron chi connectivity index (χ2n) is 5.62. The molecular weight excluding hydrogens is 280 g/mol. The highest BCUT2D eigenvalue weighted by atomic mass is 16.3. The quantitative estimate of drug-likeness (QED) is 0.909. The van der Waals surface area contributed by atoms with Gasteiger partial charge in [-0.05, 0) is 37.0 Å². The molecular formula is C16H20N4O2. The van der Waals surface area contributed by atoms with Gasteiger partial charge in [-0.3, -0.25) is 9.89 Å². The monoisotopic (exact) mass is 300 g/mol. The molecule has 2 aromatic rings. The van der Waals surface area contributed by atoms with Gasteiger partial charge >= 0.3 is 0 Å². The number of likely N-dealkylation sites (tertiary alicyclic amines) is 1. The Labute approximate surface area is 129 Å². The molecule has 6 nitrogen and oxygen atoms in total. The van der Waals surface area contributed by atoms with Gasteiger partial charge < -0.3 is 10.0 Å². The molecule has 0 unspecified atom stereocenters. The lowest BCUT2D eigenvalue weighted by molar-refractivity contribution is 0.0696. The number of nitrogens with one attached hydrogen (secondary N) is 1. The molecule has 1 aliphatic heterocycles. The van der Waals surface area contributed by atoms with Crippen LogP contribution in [0.1, 0.15) is 47.4 Å². The van der Waals surface area contributed by atoms with Crippen LogP contribution >= 0.6 is 0 Å². The minimum atomic E-state index is -0.208. The lowest BCUT2D eigenvalue weighted by Gasteiger charge is -2.32. The van der Waals surface area contributed by atoms with Gasteiger partial charge in [0.2, 0.25) is 0 Å². The molecule has 0 aliphatic carbocycles. The molecule has 3 rings (SSSR count). The molecule has 2 N–H and O–H groups in total. The number of hydrogen-bond acceptors (Lipinski definition) is 4. The maximum Gasteiger partial charge on any atom is 0.276 e. The Balaban J connectivity index is 1.79. The van der Waals surface area contributed by atoms with Gasteiger partial charge in [0.1, 0.15) is 5.75 Å². The maximum atomic E-state index is 12.6. The van der Waals surface area contributed by atoms with E-state index < -0.39 is 0 Å². The summed E-state index contributed by atoms with van der Waals surface area (Å²) < 4.78 is 0. The van der Waals surface area contributed by atoms with E-state index in [1.54, 1.807) is 11.0 Å². The van der Waals surface area contributed by atoms with Crippen molar-refractivity contribution < 1.29 is 9.90 Å². The molecule has 1 atom stereocenters. The molecule has 0 aromatic carbocycles. The number of aromatic amines is 1. The number of piperidine rings is 1. The van der Waals surface area contributed by atoms with Gasteiger partial charge in [-0.1, -0.05) is 6.92 Å². The second kappa shape index (κ2) is 6.17. The van der Waals surface area contributed by atoms with E-state index in [9.17, 15) is 9.90 Å². The minimum absolute atomic E-state index is 0.0644. The Kier molecular flexibility index (Phi) is 4.09. The summed E-state index contributed by atoms with van der Waals surface area (Å²) in [5.41, 5.74) is 2.47. The van der Waals surface area contributed by atoms with Gasteiger partial charge in [-0.25, -0.2) is 4.98 Å². The van der Waals surface area contributed by atoms with Crippen LogP contribution in [0.15, 0.2) is 24.5 Å². The Morgan fingerprint density at radius 1 is 1.55 bits per heavy atom. The maximum absolute atomic E-state index is 12.6. The third-order valence-electron chi connectivity index (χ3n) is 4.24. The van der Waals surface area contributed by atoms with Crippen molar-refractivity contribution in [3.63, 3.8) is 0 Å². The van der Waals surface area contributed by atoms with Gasteiger partial charge in [-0.15, -0.1) is 0 Å². The van der Waals surface area contributed by atoms with Gasteiger partial charge in [-0.2, -0.15) is 5.10 Å². The Morgan fingerprint density at radius 3 is 3.18 bits per heavy atom. The number of aryl methyl sites for hydroxylation is 1. The summed E-state index contributed by atoms with van der Waals surface area (Å²) in [7, 11) is 0. The molecule has 6 heteroatoms. The van der Waals surface area contributed by atoms with E-state index >= 15 is 0 Å². The molecule has 116 valence electrons. The Morgan fingerprint density at radius 2 is 2.41 bits per heavy atom. The average molecular weight is 300 g/mol. The van der Waals surface area contributed by atoms with Crippen molar-refractivity contribution in [3.8, 4) is 5.75 Å². The Hall–Kier alpha value is -2.37. The number of hydrogen-bond donors (Lipinski definition) is 2. The van der Waals surface area contributed by atoms with Crippen molar-refractivity contribution in [2.24, 2.45) is 0 Å². The second-order valence-corrected chi connectivity index (χ2v) is 5.62. The highest BCUT2D eigenvalue weighted by molar-refractivity contribution is 5.94. The van der Waals surface area contributed by atoms with Crippen molar-refractivity contribution in [2.75, 3.05) is 13.1 Å². The number of amides is 1. The number of pyridine rings is 1. The molecule has 2 aromatic heterocycles. The van der Waals surface area contributed by atoms with E-state index in [0.29, 0.717) is 13.1 Å². The van der Waals surface area contributed by atoms with Gasteiger partial charge in [0.25, 0.3) is 5.91 Å². The average Bonchev–Trinajstić information content (AvgIpc) is 3.03. The normalized spacial score (nSPS) is 18.4. The zero-order valence-corrected chi connectivity index (χ0v) is 12.6. The van der Waals surface area contributed by atoms with Crippen molar-refractivity contribution in [3.05, 3.63) is 41.5 Å². The van der Waals surface area contributed by atoms with Crippen LogP contribution in [-0.4, -0.2) is 44.2 Å². The van der Waals surface area contributed by atoms with Crippen LogP contribution in [0.25, 0.3) is 0 Å². The minimum Gasteiger partial charge on any atom is -0.505 e. The molecule has 1 amide bonds. The molecule has 1 aliphatic rings. The fourth-order valence-corrected chi connectivity index (χ4v) is 3.06. The highest BCUT2D eigenvalue weighted by Gasteiger charge is 2.29. The van der Waals surface area contributed by atoms with E-state index in [2.05, 4.69) is 22.1 Å². The first-order valence-corrected chi connectivity index (χ1v) is 7.66. The molecule has 22 heavy (non-hydrogen) atoms. The van der Waals surface area contributed by atoms with Crippen LogP contribution < -0.4 is 0 Å². The van der Waals surface area contributed by atoms with Gasteiger partial charge in [0.15, 0.2) is 5.69 Å². The van der Waals surface area contributed by atoms with E-state index in [1.807, 2.05) is 6.20 Å². The summed E-state index contributed by atoms with van der Waals surface area (Å²) in [6.07, 6.45) is 6.29. The fourth-order valence-electron chi connectivity index (χ4n) is 3.06. The molecule has 0 spiro atoms. The number of carbonyl (C=O) groups is 1. The van der Waals surface area contributed by atoms with Crippen LogP contribution in [0.2, 0.25) is 0 Å². The van der Waals surface area contributed by atoms with Crippen LogP contribution in [0.4, 0.5) is 0 Å². The summed E-state index contributed by atoms with van der Waals surface area (Å²) in [6, 6.07) is 3.11. The largest absolute Gasteiger partial charge is 0.505 e. The fraction of sp³-hybridized carbons (Fsp3) is 0.438. The van der Waals surface area contributed by atoms with Crippen molar-refractivity contribution in [1.29, 1.82) is 0 Å². The third-order valence-corrected chi connectivity index (χ3v) is 4.24. The summed E-state index contributed by atoms with van der Waals surface area (Å²) in [6.45, 7) is 3.43. The SMILES string of the molecule is CCc1cn[nH]c1[C@H]1CCCN(C(=O)c2ncccc2O)C1. The van der Waals surface area contributed by atoms with Crippen LogP contribution in [0, 0.1) is 0 Å². The van der Waals surface area contributed by atoms with Crippen molar-refractivity contribution >= 4 is 5.91 Å². The van der Waals surface area contributed by atoms with E-state index in [0.717, 1.165) is 25.0 Å². The predicted octanol–water partition coefficient (Wildman–Crippen LogP) is 2.09. The highest BCUT2D eigenvalue weighted by Crippen LogP contribution is 2.29. The summed E-state index contributed by atoms with van der Waals surface area (Å²) >= 11 is 0. The summed E-state index contributed by atoms with van der Waals surface area (Å²) in [5.74, 6) is -0.00761. The smallest absolute Gasteiger partial charge is 0.276 e. The first-order valence-electron chi connectivity index (χ1n) is 7.66. The summed E-state index contributed by atoms with van der Waals surface area (Å²) in [4.78, 5) is 18.4. The zero-order valence-electron chi connectivity index (χ0n) is 12.6. The first kappa shape index (κ1) is 14.6. The third kappa shape index (κ3) is 2.68. The van der Waals surface area contributed by atoms with Crippen LogP contribution in [-0.2, 0) is 6.42 Å².